The molecule has 3 N–H and O–H groups in total. The van der Waals surface area contributed by atoms with Gasteiger partial charge >= 0.3 is 5.97 Å². The molecular weight excluding hydrogens is 260 g/mol. The van der Waals surface area contributed by atoms with Crippen LogP contribution in [0.25, 0.3) is 0 Å². The first-order chi connectivity index (χ1) is 9.39. The van der Waals surface area contributed by atoms with Gasteiger partial charge in [0.1, 0.15) is 0 Å². The van der Waals surface area contributed by atoms with E-state index in [0.717, 1.165) is 6.42 Å². The summed E-state index contributed by atoms with van der Waals surface area (Å²) in [5, 5.41) is 22.8. The number of likely N-dealkylation sites (tertiary alicyclic amines) is 1. The average Bonchev–Trinajstić information content (AvgIpc) is 2.41. The topological polar surface area (TPSA) is 89.9 Å². The number of amides is 1. The molecule has 2 rings (SSSR count). The molecular formula is C14H24N2O4. The Hall–Kier alpha value is -1.14. The predicted octanol–water partition coefficient (Wildman–Crippen LogP) is 0.203. The molecule has 1 unspecified atom stereocenters. The molecule has 1 heterocycles. The standard InChI is InChI=1S/C14H24N2O4/c1-16-8-11(2-3-12(16)17)15-9-14(20)6-4-10(5-7-14)13(18)19/h10-11,15,20H,2-9H2,1H3,(H,18,19). The van der Waals surface area contributed by atoms with E-state index in [-0.39, 0.29) is 17.9 Å². The lowest BCUT2D eigenvalue weighted by molar-refractivity contribution is -0.144. The van der Waals surface area contributed by atoms with E-state index in [1.807, 2.05) is 0 Å². The predicted molar refractivity (Wildman–Crippen MR) is 73.2 cm³/mol. The molecule has 1 aliphatic heterocycles. The molecule has 1 atom stereocenters. The van der Waals surface area contributed by atoms with Gasteiger partial charge < -0.3 is 20.4 Å². The third-order valence-corrected chi connectivity index (χ3v) is 4.61. The molecule has 1 aliphatic carbocycles. The van der Waals surface area contributed by atoms with Gasteiger partial charge in [0.15, 0.2) is 0 Å². The number of rotatable bonds is 4. The van der Waals surface area contributed by atoms with E-state index in [9.17, 15) is 14.7 Å². The Morgan fingerprint density at radius 1 is 1.40 bits per heavy atom. The third kappa shape index (κ3) is 3.70. The molecule has 20 heavy (non-hydrogen) atoms. The van der Waals surface area contributed by atoms with E-state index in [4.69, 9.17) is 5.11 Å². The van der Waals surface area contributed by atoms with E-state index in [0.29, 0.717) is 45.2 Å². The summed E-state index contributed by atoms with van der Waals surface area (Å²) in [6.07, 6.45) is 3.48. The minimum atomic E-state index is -0.800. The van der Waals surface area contributed by atoms with Crippen LogP contribution >= 0.6 is 0 Å². The minimum absolute atomic E-state index is 0.170. The number of nitrogens with one attached hydrogen (secondary N) is 1. The summed E-state index contributed by atoms with van der Waals surface area (Å²) in [5.74, 6) is -0.898. The second-order valence-corrected chi connectivity index (χ2v) is 6.23. The number of carbonyl (C=O) groups excluding carboxylic acids is 1. The number of carboxylic acids is 1. The van der Waals surface area contributed by atoms with Gasteiger partial charge in [-0.1, -0.05) is 0 Å². The highest BCUT2D eigenvalue weighted by molar-refractivity contribution is 5.76. The summed E-state index contributed by atoms with van der Waals surface area (Å²) < 4.78 is 0. The van der Waals surface area contributed by atoms with Crippen LogP contribution in [0.5, 0.6) is 0 Å². The van der Waals surface area contributed by atoms with Crippen molar-refractivity contribution in [3.05, 3.63) is 0 Å². The van der Waals surface area contributed by atoms with Gasteiger partial charge in [0.05, 0.1) is 11.5 Å². The number of likely N-dealkylation sites (N-methyl/N-ethyl adjacent to an activating group) is 1. The highest BCUT2D eigenvalue weighted by Gasteiger charge is 2.36. The molecule has 2 aliphatic rings. The lowest BCUT2D eigenvalue weighted by Crippen LogP contribution is -2.52. The smallest absolute Gasteiger partial charge is 0.306 e. The van der Waals surface area contributed by atoms with Crippen LogP contribution in [0.3, 0.4) is 0 Å². The summed E-state index contributed by atoms with van der Waals surface area (Å²) in [4.78, 5) is 24.0. The third-order valence-electron chi connectivity index (χ3n) is 4.61. The zero-order valence-corrected chi connectivity index (χ0v) is 12.0. The van der Waals surface area contributed by atoms with Crippen molar-refractivity contribution in [2.24, 2.45) is 5.92 Å². The lowest BCUT2D eigenvalue weighted by Gasteiger charge is -2.37. The molecule has 6 heteroatoms. The van der Waals surface area contributed by atoms with Gasteiger partial charge in [0.25, 0.3) is 0 Å². The Balaban J connectivity index is 1.76. The van der Waals surface area contributed by atoms with Gasteiger partial charge in [-0.3, -0.25) is 9.59 Å². The average molecular weight is 284 g/mol. The molecule has 0 spiro atoms. The molecule has 1 saturated heterocycles. The van der Waals surface area contributed by atoms with E-state index < -0.39 is 11.6 Å². The summed E-state index contributed by atoms with van der Waals surface area (Å²) in [5.41, 5.74) is -0.800. The van der Waals surface area contributed by atoms with Crippen molar-refractivity contribution in [1.82, 2.24) is 10.2 Å². The van der Waals surface area contributed by atoms with Crippen molar-refractivity contribution in [2.75, 3.05) is 20.1 Å². The first-order valence-electron chi connectivity index (χ1n) is 7.32. The lowest BCUT2D eigenvalue weighted by atomic mass is 9.78. The number of nitrogens with zero attached hydrogens (tertiary/aromatic N) is 1. The Bertz CT molecular complexity index is 377. The van der Waals surface area contributed by atoms with Gasteiger partial charge in [-0.25, -0.2) is 0 Å². The maximum Gasteiger partial charge on any atom is 0.306 e. The van der Waals surface area contributed by atoms with Gasteiger partial charge in [0, 0.05) is 32.6 Å². The molecule has 0 aromatic carbocycles. The van der Waals surface area contributed by atoms with Crippen molar-refractivity contribution in [3.8, 4) is 0 Å². The zero-order chi connectivity index (χ0) is 14.8. The fourth-order valence-corrected chi connectivity index (χ4v) is 3.09. The van der Waals surface area contributed by atoms with Crippen LogP contribution in [0, 0.1) is 5.92 Å². The Morgan fingerprint density at radius 2 is 2.05 bits per heavy atom. The summed E-state index contributed by atoms with van der Waals surface area (Å²) >= 11 is 0. The van der Waals surface area contributed by atoms with Crippen molar-refractivity contribution in [3.63, 3.8) is 0 Å². The minimum Gasteiger partial charge on any atom is -0.481 e. The van der Waals surface area contributed by atoms with Gasteiger partial charge in [0.2, 0.25) is 5.91 Å². The second kappa shape index (κ2) is 6.10. The van der Waals surface area contributed by atoms with Crippen LogP contribution in [0.1, 0.15) is 38.5 Å². The van der Waals surface area contributed by atoms with Crippen molar-refractivity contribution in [1.29, 1.82) is 0 Å². The molecule has 6 nitrogen and oxygen atoms in total. The van der Waals surface area contributed by atoms with Crippen molar-refractivity contribution in [2.45, 2.75) is 50.2 Å². The SMILES string of the molecule is CN1CC(NCC2(O)CCC(C(=O)O)CC2)CCC1=O. The van der Waals surface area contributed by atoms with E-state index in [1.54, 1.807) is 11.9 Å². The number of aliphatic hydroxyl groups is 1. The Morgan fingerprint density at radius 3 is 2.60 bits per heavy atom. The quantitative estimate of drug-likeness (QED) is 0.686. The number of carboxylic acid groups (broad SMARTS) is 1. The van der Waals surface area contributed by atoms with Crippen LogP contribution in [0.2, 0.25) is 0 Å². The highest BCUT2D eigenvalue weighted by Crippen LogP contribution is 2.32. The molecule has 2 fully saturated rings. The van der Waals surface area contributed by atoms with Gasteiger partial charge in [-0.2, -0.15) is 0 Å². The maximum atomic E-state index is 11.4. The normalized spacial score (nSPS) is 35.1. The van der Waals surface area contributed by atoms with Crippen molar-refractivity contribution >= 4 is 11.9 Å². The van der Waals surface area contributed by atoms with Gasteiger partial charge in [-0.05, 0) is 32.1 Å². The molecule has 0 aromatic heterocycles. The second-order valence-electron chi connectivity index (χ2n) is 6.23. The van der Waals surface area contributed by atoms with Crippen LogP contribution in [-0.4, -0.2) is 58.8 Å². The van der Waals surface area contributed by atoms with E-state index in [1.165, 1.54) is 0 Å². The first kappa shape index (κ1) is 15.3. The summed E-state index contributed by atoms with van der Waals surface area (Å²) in [6, 6.07) is 0.221. The molecule has 114 valence electrons. The van der Waals surface area contributed by atoms with Crippen molar-refractivity contribution < 1.29 is 19.8 Å². The Labute approximate surface area is 119 Å². The number of carbonyl (C=O) groups is 2. The van der Waals surface area contributed by atoms with Crippen LogP contribution in [-0.2, 0) is 9.59 Å². The van der Waals surface area contributed by atoms with E-state index >= 15 is 0 Å². The maximum absolute atomic E-state index is 11.4. The van der Waals surface area contributed by atoms with E-state index in [2.05, 4.69) is 5.32 Å². The molecule has 1 amide bonds. The zero-order valence-electron chi connectivity index (χ0n) is 12.0. The highest BCUT2D eigenvalue weighted by atomic mass is 16.4. The number of hydrogen-bond acceptors (Lipinski definition) is 4. The number of hydrogen-bond donors (Lipinski definition) is 3. The fraction of sp³-hybridized carbons (Fsp3) is 0.857. The largest absolute Gasteiger partial charge is 0.481 e. The first-order valence-corrected chi connectivity index (χ1v) is 7.32. The Kier molecular flexibility index (Phi) is 4.65. The molecule has 1 saturated carbocycles. The number of piperidine rings is 1. The molecule has 0 bridgehead atoms. The van der Waals surface area contributed by atoms with Crippen LogP contribution < -0.4 is 5.32 Å². The number of aliphatic carboxylic acids is 1. The van der Waals surface area contributed by atoms with Crippen LogP contribution in [0.15, 0.2) is 0 Å². The fourth-order valence-electron chi connectivity index (χ4n) is 3.09. The van der Waals surface area contributed by atoms with Crippen LogP contribution in [0.4, 0.5) is 0 Å². The summed E-state index contributed by atoms with van der Waals surface area (Å²) in [7, 11) is 1.79. The summed E-state index contributed by atoms with van der Waals surface area (Å²) in [6.45, 7) is 1.15. The molecule has 0 radical (unpaired) electrons. The molecule has 0 aromatic rings. The van der Waals surface area contributed by atoms with Gasteiger partial charge in [-0.15, -0.1) is 0 Å². The monoisotopic (exact) mass is 284 g/mol.